The number of aliphatic hydroxyl groups is 1. The molecule has 1 aliphatic rings. The first-order chi connectivity index (χ1) is 9.15. The quantitative estimate of drug-likeness (QED) is 0.888. The zero-order valence-corrected chi connectivity index (χ0v) is 11.9. The Morgan fingerprint density at radius 3 is 2.58 bits per heavy atom. The summed E-state index contributed by atoms with van der Waals surface area (Å²) >= 11 is 0. The van der Waals surface area contributed by atoms with Crippen molar-refractivity contribution in [1.29, 1.82) is 0 Å². The van der Waals surface area contributed by atoms with Crippen molar-refractivity contribution >= 4 is 5.69 Å². The predicted molar refractivity (Wildman–Crippen MR) is 76.9 cm³/mol. The highest BCUT2D eigenvalue weighted by Gasteiger charge is 2.25. The Morgan fingerprint density at radius 1 is 1.32 bits per heavy atom. The molecule has 19 heavy (non-hydrogen) atoms. The van der Waals surface area contributed by atoms with E-state index in [1.54, 1.807) is 13.0 Å². The third kappa shape index (κ3) is 3.08. The predicted octanol–water partition coefficient (Wildman–Crippen LogP) is 4.04. The fraction of sp³-hybridized carbons (Fsp3) is 0.625. The highest BCUT2D eigenvalue weighted by Crippen LogP contribution is 2.34. The molecule has 0 unspecified atom stereocenters. The van der Waals surface area contributed by atoms with Gasteiger partial charge in [-0.3, -0.25) is 0 Å². The molecule has 0 saturated heterocycles. The summed E-state index contributed by atoms with van der Waals surface area (Å²) in [7, 11) is 0. The van der Waals surface area contributed by atoms with Crippen LogP contribution in [0.25, 0.3) is 0 Å². The van der Waals surface area contributed by atoms with Crippen LogP contribution in [-0.2, 0) is 0 Å². The Morgan fingerprint density at radius 2 is 2.00 bits per heavy atom. The van der Waals surface area contributed by atoms with Gasteiger partial charge in [-0.25, -0.2) is 4.39 Å². The fourth-order valence-electron chi connectivity index (χ4n) is 3.16. The summed E-state index contributed by atoms with van der Waals surface area (Å²) in [5.41, 5.74) is 1.30. The maximum atomic E-state index is 14.2. The second kappa shape index (κ2) is 6.38. The molecule has 1 aromatic rings. The fourth-order valence-corrected chi connectivity index (χ4v) is 3.16. The lowest BCUT2D eigenvalue weighted by Gasteiger charge is -2.37. The number of hydrogen-bond donors (Lipinski definition) is 1. The first-order valence-electron chi connectivity index (χ1n) is 7.38. The molecule has 1 N–H and O–H groups in total. The third-order valence-electron chi connectivity index (χ3n) is 4.11. The SMILES string of the molecule is CCN(c1c(F)cccc1[C@H](C)O)C1CCCCC1. The summed E-state index contributed by atoms with van der Waals surface area (Å²) in [5.74, 6) is -0.217. The summed E-state index contributed by atoms with van der Waals surface area (Å²) in [6.07, 6.45) is 5.35. The first kappa shape index (κ1) is 14.3. The van der Waals surface area contributed by atoms with E-state index in [1.807, 2.05) is 6.07 Å². The van der Waals surface area contributed by atoms with Crippen LogP contribution in [0.15, 0.2) is 18.2 Å². The minimum Gasteiger partial charge on any atom is -0.389 e. The van der Waals surface area contributed by atoms with Gasteiger partial charge in [0.1, 0.15) is 5.82 Å². The Kier molecular flexibility index (Phi) is 4.81. The van der Waals surface area contributed by atoms with E-state index < -0.39 is 6.10 Å². The van der Waals surface area contributed by atoms with Crippen LogP contribution < -0.4 is 4.90 Å². The zero-order chi connectivity index (χ0) is 13.8. The van der Waals surface area contributed by atoms with E-state index in [0.29, 0.717) is 17.3 Å². The number of halogens is 1. The molecule has 1 atom stereocenters. The molecule has 1 saturated carbocycles. The van der Waals surface area contributed by atoms with Crippen molar-refractivity contribution in [2.45, 2.75) is 58.1 Å². The van der Waals surface area contributed by atoms with Crippen LogP contribution in [0.5, 0.6) is 0 Å². The molecule has 0 spiro atoms. The van der Waals surface area contributed by atoms with Crippen molar-refractivity contribution in [2.24, 2.45) is 0 Å². The molecule has 106 valence electrons. The lowest BCUT2D eigenvalue weighted by molar-refractivity contribution is 0.199. The standard InChI is InChI=1S/C16H24FNO/c1-3-18(13-8-5-4-6-9-13)16-14(12(2)19)10-7-11-15(16)17/h7,10-13,19H,3-6,8-9H2,1-2H3/t12-/m0/s1. The molecule has 0 amide bonds. The van der Waals surface area contributed by atoms with Gasteiger partial charge in [-0.1, -0.05) is 31.4 Å². The largest absolute Gasteiger partial charge is 0.389 e. The van der Waals surface area contributed by atoms with Gasteiger partial charge in [0, 0.05) is 18.2 Å². The molecule has 2 rings (SSSR count). The number of rotatable bonds is 4. The Labute approximate surface area is 115 Å². The smallest absolute Gasteiger partial charge is 0.146 e. The molecular formula is C16H24FNO. The van der Waals surface area contributed by atoms with Gasteiger partial charge in [0.05, 0.1) is 11.8 Å². The number of aliphatic hydroxyl groups excluding tert-OH is 1. The molecule has 2 nitrogen and oxygen atoms in total. The highest BCUT2D eigenvalue weighted by molar-refractivity contribution is 5.56. The van der Waals surface area contributed by atoms with Gasteiger partial charge in [-0.15, -0.1) is 0 Å². The number of benzene rings is 1. The van der Waals surface area contributed by atoms with Crippen LogP contribution in [-0.4, -0.2) is 17.7 Å². The molecule has 3 heteroatoms. The second-order valence-electron chi connectivity index (χ2n) is 5.43. The summed E-state index contributed by atoms with van der Waals surface area (Å²) in [5, 5.41) is 9.88. The van der Waals surface area contributed by atoms with Gasteiger partial charge in [0.15, 0.2) is 0 Å². The van der Waals surface area contributed by atoms with Crippen LogP contribution in [0.3, 0.4) is 0 Å². The van der Waals surface area contributed by atoms with Gasteiger partial charge in [-0.2, -0.15) is 0 Å². The maximum Gasteiger partial charge on any atom is 0.146 e. The molecule has 0 bridgehead atoms. The van der Waals surface area contributed by atoms with E-state index in [0.717, 1.165) is 19.4 Å². The lowest BCUT2D eigenvalue weighted by Crippen LogP contribution is -2.38. The third-order valence-corrected chi connectivity index (χ3v) is 4.11. The number of para-hydroxylation sites is 1. The van der Waals surface area contributed by atoms with Crippen molar-refractivity contribution in [3.05, 3.63) is 29.6 Å². The lowest BCUT2D eigenvalue weighted by atomic mass is 9.93. The monoisotopic (exact) mass is 265 g/mol. The molecule has 1 fully saturated rings. The summed E-state index contributed by atoms with van der Waals surface area (Å²) in [6.45, 7) is 4.55. The van der Waals surface area contributed by atoms with Crippen molar-refractivity contribution < 1.29 is 9.50 Å². The van der Waals surface area contributed by atoms with Gasteiger partial charge < -0.3 is 10.0 Å². The van der Waals surface area contributed by atoms with Gasteiger partial charge in [0.2, 0.25) is 0 Å². The number of hydrogen-bond acceptors (Lipinski definition) is 2. The average molecular weight is 265 g/mol. The zero-order valence-electron chi connectivity index (χ0n) is 11.9. The van der Waals surface area contributed by atoms with Crippen molar-refractivity contribution in [1.82, 2.24) is 0 Å². The summed E-state index contributed by atoms with van der Waals surface area (Å²) in [6, 6.07) is 5.41. The van der Waals surface area contributed by atoms with Crippen molar-refractivity contribution in [2.75, 3.05) is 11.4 Å². The molecule has 1 aliphatic carbocycles. The van der Waals surface area contributed by atoms with Crippen LogP contribution >= 0.6 is 0 Å². The molecule has 0 aliphatic heterocycles. The summed E-state index contributed by atoms with van der Waals surface area (Å²) in [4.78, 5) is 2.15. The van der Waals surface area contributed by atoms with E-state index in [9.17, 15) is 9.50 Å². The molecule has 1 aromatic carbocycles. The van der Waals surface area contributed by atoms with Crippen molar-refractivity contribution in [3.63, 3.8) is 0 Å². The highest BCUT2D eigenvalue weighted by atomic mass is 19.1. The number of anilines is 1. The van der Waals surface area contributed by atoms with Gasteiger partial charge >= 0.3 is 0 Å². The van der Waals surface area contributed by atoms with Gasteiger partial charge in [0.25, 0.3) is 0 Å². The minimum absolute atomic E-state index is 0.217. The van der Waals surface area contributed by atoms with Crippen molar-refractivity contribution in [3.8, 4) is 0 Å². The van der Waals surface area contributed by atoms with Crippen LogP contribution in [0, 0.1) is 5.82 Å². The molecular weight excluding hydrogens is 241 g/mol. The second-order valence-corrected chi connectivity index (χ2v) is 5.43. The molecule has 0 aromatic heterocycles. The van der Waals surface area contributed by atoms with E-state index in [2.05, 4.69) is 11.8 Å². The Balaban J connectivity index is 2.36. The maximum absolute atomic E-state index is 14.2. The topological polar surface area (TPSA) is 23.5 Å². The number of nitrogens with zero attached hydrogens (tertiary/aromatic N) is 1. The Hall–Kier alpha value is -1.09. The van der Waals surface area contributed by atoms with E-state index in [4.69, 9.17) is 0 Å². The van der Waals surface area contributed by atoms with Crippen LogP contribution in [0.1, 0.15) is 57.6 Å². The summed E-state index contributed by atoms with van der Waals surface area (Å²) < 4.78 is 14.2. The minimum atomic E-state index is -0.636. The first-order valence-corrected chi connectivity index (χ1v) is 7.38. The van der Waals surface area contributed by atoms with E-state index in [-0.39, 0.29) is 5.82 Å². The normalized spacial score (nSPS) is 18.3. The molecule has 0 heterocycles. The van der Waals surface area contributed by atoms with Crippen LogP contribution in [0.2, 0.25) is 0 Å². The Bertz CT molecular complexity index is 413. The van der Waals surface area contributed by atoms with Crippen LogP contribution in [0.4, 0.5) is 10.1 Å². The van der Waals surface area contributed by atoms with E-state index in [1.165, 1.54) is 25.3 Å². The average Bonchev–Trinajstić information content (AvgIpc) is 2.42. The molecule has 0 radical (unpaired) electrons. The van der Waals surface area contributed by atoms with Gasteiger partial charge in [-0.05, 0) is 32.8 Å². The van der Waals surface area contributed by atoms with E-state index >= 15 is 0 Å².